The number of halogens is 3. The van der Waals surface area contributed by atoms with Gasteiger partial charge in [0.15, 0.2) is 5.58 Å². The van der Waals surface area contributed by atoms with Gasteiger partial charge >= 0.3 is 6.18 Å². The number of nitrogens with zero attached hydrogens (tertiary/aromatic N) is 4. The van der Waals surface area contributed by atoms with Crippen LogP contribution in [0.3, 0.4) is 0 Å². The van der Waals surface area contributed by atoms with E-state index in [9.17, 15) is 13.2 Å². The van der Waals surface area contributed by atoms with E-state index in [0.717, 1.165) is 42.0 Å². The number of hydrogen-bond donors (Lipinski definition) is 0. The fourth-order valence-electron chi connectivity index (χ4n) is 3.14. The lowest BCUT2D eigenvalue weighted by Crippen LogP contribution is -2.46. The van der Waals surface area contributed by atoms with Crippen LogP contribution in [0.2, 0.25) is 0 Å². The zero-order valence-corrected chi connectivity index (χ0v) is 13.9. The maximum atomic E-state index is 12.6. The maximum absolute atomic E-state index is 12.6. The molecule has 0 N–H and O–H groups in total. The van der Waals surface area contributed by atoms with Crippen molar-refractivity contribution in [2.45, 2.75) is 12.7 Å². The Balaban J connectivity index is 1.38. The predicted octanol–water partition coefficient (Wildman–Crippen LogP) is 3.56. The van der Waals surface area contributed by atoms with Crippen molar-refractivity contribution < 1.29 is 17.7 Å². The highest BCUT2D eigenvalue weighted by Gasteiger charge is 2.31. The minimum atomic E-state index is -4.36. The molecule has 1 aliphatic rings. The van der Waals surface area contributed by atoms with Crippen molar-refractivity contribution >= 4 is 16.8 Å². The zero-order valence-electron chi connectivity index (χ0n) is 13.9. The molecule has 0 radical (unpaired) electrons. The van der Waals surface area contributed by atoms with Crippen LogP contribution in [-0.2, 0) is 12.7 Å². The summed E-state index contributed by atoms with van der Waals surface area (Å²) in [6.07, 6.45) is -3.46. The highest BCUT2D eigenvalue weighted by molar-refractivity contribution is 5.79. The summed E-state index contributed by atoms with van der Waals surface area (Å²) < 4.78 is 43.2. The molecule has 4 rings (SSSR count). The normalized spacial score (nSPS) is 16.3. The number of hydrogen-bond acceptors (Lipinski definition) is 5. The summed E-state index contributed by atoms with van der Waals surface area (Å²) in [5, 5.41) is 5.16. The Bertz CT molecular complexity index is 883. The molecule has 136 valence electrons. The quantitative estimate of drug-likeness (QED) is 0.713. The summed E-state index contributed by atoms with van der Waals surface area (Å²) >= 11 is 0. The van der Waals surface area contributed by atoms with Gasteiger partial charge < -0.3 is 9.42 Å². The third kappa shape index (κ3) is 3.37. The second-order valence-electron chi connectivity index (χ2n) is 6.29. The van der Waals surface area contributed by atoms with Crippen LogP contribution in [0.5, 0.6) is 0 Å². The number of pyridine rings is 1. The largest absolute Gasteiger partial charge is 0.417 e. The first-order chi connectivity index (χ1) is 12.5. The number of anilines is 1. The lowest BCUT2D eigenvalue weighted by molar-refractivity contribution is -0.137. The Hall–Kier alpha value is -2.61. The van der Waals surface area contributed by atoms with Gasteiger partial charge in [0.2, 0.25) is 0 Å². The van der Waals surface area contributed by atoms with E-state index in [1.54, 1.807) is 0 Å². The molecule has 26 heavy (non-hydrogen) atoms. The second-order valence-corrected chi connectivity index (χ2v) is 6.29. The molecule has 1 aromatic carbocycles. The average Bonchev–Trinajstić information content (AvgIpc) is 3.05. The van der Waals surface area contributed by atoms with Crippen LogP contribution in [0.15, 0.2) is 47.1 Å². The second kappa shape index (κ2) is 6.60. The Morgan fingerprint density at radius 3 is 2.46 bits per heavy atom. The summed E-state index contributed by atoms with van der Waals surface area (Å²) in [6, 6.07) is 10.3. The number of rotatable bonds is 3. The SMILES string of the molecule is FC(F)(F)c1ccc(N2CCN(Cc3noc4ccccc34)CC2)nc1. The highest BCUT2D eigenvalue weighted by Crippen LogP contribution is 2.29. The topological polar surface area (TPSA) is 45.4 Å². The minimum absolute atomic E-state index is 0.574. The lowest BCUT2D eigenvalue weighted by atomic mass is 10.2. The van der Waals surface area contributed by atoms with Gasteiger partial charge in [-0.3, -0.25) is 4.90 Å². The molecule has 5 nitrogen and oxygen atoms in total. The van der Waals surface area contributed by atoms with Crippen LogP contribution in [0.1, 0.15) is 11.3 Å². The van der Waals surface area contributed by atoms with Crippen molar-refractivity contribution in [3.63, 3.8) is 0 Å². The van der Waals surface area contributed by atoms with Gasteiger partial charge in [-0.15, -0.1) is 0 Å². The summed E-state index contributed by atoms with van der Waals surface area (Å²) in [5.41, 5.74) is 0.953. The fraction of sp³-hybridized carbons (Fsp3) is 0.333. The van der Waals surface area contributed by atoms with Crippen molar-refractivity contribution in [3.05, 3.63) is 53.9 Å². The molecule has 0 bridgehead atoms. The fourth-order valence-corrected chi connectivity index (χ4v) is 3.14. The van der Waals surface area contributed by atoms with Gasteiger partial charge in [0.05, 0.1) is 5.56 Å². The Morgan fingerprint density at radius 2 is 1.77 bits per heavy atom. The minimum Gasteiger partial charge on any atom is -0.356 e. The highest BCUT2D eigenvalue weighted by atomic mass is 19.4. The van der Waals surface area contributed by atoms with E-state index in [4.69, 9.17) is 4.52 Å². The molecule has 2 aromatic heterocycles. The predicted molar refractivity (Wildman–Crippen MR) is 90.7 cm³/mol. The van der Waals surface area contributed by atoms with Crippen LogP contribution in [0.4, 0.5) is 19.0 Å². The van der Waals surface area contributed by atoms with Crippen molar-refractivity contribution in [2.75, 3.05) is 31.1 Å². The van der Waals surface area contributed by atoms with E-state index in [0.29, 0.717) is 25.5 Å². The Morgan fingerprint density at radius 1 is 1.00 bits per heavy atom. The van der Waals surface area contributed by atoms with Crippen LogP contribution < -0.4 is 4.90 Å². The standard InChI is InChI=1S/C18H17F3N4O/c19-18(20,21)13-5-6-17(22-11-13)25-9-7-24(8-10-25)12-15-14-3-1-2-4-16(14)26-23-15/h1-6,11H,7-10,12H2. The van der Waals surface area contributed by atoms with E-state index < -0.39 is 11.7 Å². The number of fused-ring (bicyclic) bond motifs is 1. The molecule has 3 aromatic rings. The summed E-state index contributed by atoms with van der Waals surface area (Å²) in [5.74, 6) is 0.574. The van der Waals surface area contributed by atoms with E-state index in [-0.39, 0.29) is 0 Å². The number of aromatic nitrogens is 2. The Kier molecular flexibility index (Phi) is 4.28. The van der Waals surface area contributed by atoms with Crippen LogP contribution in [0, 0.1) is 0 Å². The van der Waals surface area contributed by atoms with E-state index in [1.807, 2.05) is 29.2 Å². The van der Waals surface area contributed by atoms with Crippen molar-refractivity contribution in [3.8, 4) is 0 Å². The molecule has 0 saturated carbocycles. The third-order valence-electron chi connectivity index (χ3n) is 4.60. The van der Waals surface area contributed by atoms with Gasteiger partial charge in [-0.2, -0.15) is 13.2 Å². The monoisotopic (exact) mass is 362 g/mol. The van der Waals surface area contributed by atoms with Gasteiger partial charge in [0.1, 0.15) is 11.5 Å². The number of alkyl halides is 3. The van der Waals surface area contributed by atoms with Crippen molar-refractivity contribution in [2.24, 2.45) is 0 Å². The molecule has 1 fully saturated rings. The maximum Gasteiger partial charge on any atom is 0.417 e. The number of para-hydroxylation sites is 1. The molecule has 0 amide bonds. The first kappa shape index (κ1) is 16.8. The smallest absolute Gasteiger partial charge is 0.356 e. The number of benzene rings is 1. The molecule has 0 atom stereocenters. The van der Waals surface area contributed by atoms with Gasteiger partial charge in [-0.05, 0) is 24.3 Å². The molecule has 1 aliphatic heterocycles. The molecular weight excluding hydrogens is 345 g/mol. The lowest BCUT2D eigenvalue weighted by Gasteiger charge is -2.35. The van der Waals surface area contributed by atoms with E-state index in [1.165, 1.54) is 6.07 Å². The molecule has 3 heterocycles. The molecule has 1 saturated heterocycles. The van der Waals surface area contributed by atoms with Crippen LogP contribution >= 0.6 is 0 Å². The first-order valence-corrected chi connectivity index (χ1v) is 8.34. The number of piperazine rings is 1. The summed E-state index contributed by atoms with van der Waals surface area (Å²) in [7, 11) is 0. The van der Waals surface area contributed by atoms with E-state index in [2.05, 4.69) is 15.0 Å². The molecule has 0 aliphatic carbocycles. The van der Waals surface area contributed by atoms with Crippen molar-refractivity contribution in [1.29, 1.82) is 0 Å². The van der Waals surface area contributed by atoms with Gasteiger partial charge in [0.25, 0.3) is 0 Å². The summed E-state index contributed by atoms with van der Waals surface area (Å²) in [4.78, 5) is 8.22. The molecule has 0 spiro atoms. The first-order valence-electron chi connectivity index (χ1n) is 8.34. The van der Waals surface area contributed by atoms with Crippen LogP contribution in [-0.4, -0.2) is 41.2 Å². The average molecular weight is 362 g/mol. The van der Waals surface area contributed by atoms with Gasteiger partial charge in [-0.1, -0.05) is 17.3 Å². The molecule has 8 heteroatoms. The van der Waals surface area contributed by atoms with Crippen molar-refractivity contribution in [1.82, 2.24) is 15.0 Å². The van der Waals surface area contributed by atoms with Crippen LogP contribution in [0.25, 0.3) is 11.0 Å². The Labute approximate surface area is 148 Å². The molecule has 0 unspecified atom stereocenters. The third-order valence-corrected chi connectivity index (χ3v) is 4.60. The van der Waals surface area contributed by atoms with Gasteiger partial charge in [0, 0.05) is 44.3 Å². The van der Waals surface area contributed by atoms with Gasteiger partial charge in [-0.25, -0.2) is 4.98 Å². The molecular formula is C18H17F3N4O. The summed E-state index contributed by atoms with van der Waals surface area (Å²) in [6.45, 7) is 3.65. The van der Waals surface area contributed by atoms with E-state index >= 15 is 0 Å². The zero-order chi connectivity index (χ0) is 18.1.